The molecule has 1 amide bonds. The van der Waals surface area contributed by atoms with Crippen LogP contribution < -0.4 is 5.32 Å². The standard InChI is InChI=1S/C12H11N7OS/c20-10(16-11-13-7-14-17-11)6-21-12-18-15-8-19(12)9-4-2-1-3-5-9/h1-5,7-8H,6H2,(H2,13,14,16,17,20). The molecular weight excluding hydrogens is 290 g/mol. The SMILES string of the molecule is O=C(CSc1nncn1-c1ccccc1)Nc1ncn[nH]1. The normalized spacial score (nSPS) is 10.5. The van der Waals surface area contributed by atoms with E-state index in [2.05, 4.69) is 30.7 Å². The summed E-state index contributed by atoms with van der Waals surface area (Å²) in [7, 11) is 0. The van der Waals surface area contributed by atoms with Gasteiger partial charge < -0.3 is 0 Å². The van der Waals surface area contributed by atoms with E-state index >= 15 is 0 Å². The Balaban J connectivity index is 1.64. The molecule has 21 heavy (non-hydrogen) atoms. The molecule has 8 nitrogen and oxygen atoms in total. The summed E-state index contributed by atoms with van der Waals surface area (Å²) in [5.41, 5.74) is 0.945. The molecule has 3 rings (SSSR count). The molecule has 2 N–H and O–H groups in total. The van der Waals surface area contributed by atoms with Gasteiger partial charge in [-0.25, -0.2) is 5.10 Å². The Kier molecular flexibility index (Phi) is 3.92. The number of nitrogens with zero attached hydrogens (tertiary/aromatic N) is 5. The number of carbonyl (C=O) groups is 1. The molecule has 106 valence electrons. The van der Waals surface area contributed by atoms with E-state index in [4.69, 9.17) is 0 Å². The molecule has 0 fully saturated rings. The Hall–Kier alpha value is -2.68. The summed E-state index contributed by atoms with van der Waals surface area (Å²) in [6, 6.07) is 9.69. The Morgan fingerprint density at radius 3 is 2.95 bits per heavy atom. The van der Waals surface area contributed by atoms with Crippen molar-refractivity contribution in [2.45, 2.75) is 5.16 Å². The predicted octanol–water partition coefficient (Wildman–Crippen LogP) is 1.12. The van der Waals surface area contributed by atoms with Crippen LogP contribution in [0.3, 0.4) is 0 Å². The molecule has 2 heterocycles. The second-order valence-electron chi connectivity index (χ2n) is 3.99. The molecular formula is C12H11N7OS. The van der Waals surface area contributed by atoms with E-state index < -0.39 is 0 Å². The number of hydrogen-bond acceptors (Lipinski definition) is 6. The van der Waals surface area contributed by atoms with Gasteiger partial charge in [-0.2, -0.15) is 10.1 Å². The highest BCUT2D eigenvalue weighted by Gasteiger charge is 2.10. The highest BCUT2D eigenvalue weighted by atomic mass is 32.2. The zero-order valence-corrected chi connectivity index (χ0v) is 11.6. The second-order valence-corrected chi connectivity index (χ2v) is 4.93. The number of aromatic nitrogens is 6. The quantitative estimate of drug-likeness (QED) is 0.685. The zero-order valence-electron chi connectivity index (χ0n) is 10.8. The van der Waals surface area contributed by atoms with Crippen molar-refractivity contribution in [3.05, 3.63) is 43.0 Å². The summed E-state index contributed by atoms with van der Waals surface area (Å²) in [5, 5.41) is 17.4. The molecule has 0 bridgehead atoms. The molecule has 0 radical (unpaired) electrons. The number of amides is 1. The third kappa shape index (κ3) is 3.26. The third-order valence-corrected chi connectivity index (χ3v) is 3.50. The molecule has 0 aliphatic carbocycles. The Morgan fingerprint density at radius 2 is 2.19 bits per heavy atom. The smallest absolute Gasteiger partial charge is 0.237 e. The molecule has 0 aliphatic rings. The number of thioether (sulfide) groups is 1. The van der Waals surface area contributed by atoms with Crippen molar-refractivity contribution in [3.8, 4) is 5.69 Å². The maximum Gasteiger partial charge on any atom is 0.237 e. The number of nitrogens with one attached hydrogen (secondary N) is 2. The number of benzene rings is 1. The lowest BCUT2D eigenvalue weighted by atomic mass is 10.3. The van der Waals surface area contributed by atoms with Gasteiger partial charge in [0.25, 0.3) is 0 Å². The van der Waals surface area contributed by atoms with Crippen LogP contribution in [-0.4, -0.2) is 41.6 Å². The topological polar surface area (TPSA) is 101 Å². The zero-order chi connectivity index (χ0) is 14.5. The van der Waals surface area contributed by atoms with Crippen LogP contribution in [0.5, 0.6) is 0 Å². The number of anilines is 1. The van der Waals surface area contributed by atoms with Gasteiger partial charge in [0.2, 0.25) is 11.9 Å². The van der Waals surface area contributed by atoms with Gasteiger partial charge in [0.05, 0.1) is 5.75 Å². The molecule has 0 spiro atoms. The number of rotatable bonds is 5. The lowest BCUT2D eigenvalue weighted by Gasteiger charge is -2.05. The molecule has 0 saturated heterocycles. The predicted molar refractivity (Wildman–Crippen MR) is 77.1 cm³/mol. The first-order valence-corrected chi connectivity index (χ1v) is 7.05. The van der Waals surface area contributed by atoms with Crippen molar-refractivity contribution in [3.63, 3.8) is 0 Å². The van der Waals surface area contributed by atoms with Crippen LogP contribution in [0.4, 0.5) is 5.95 Å². The van der Waals surface area contributed by atoms with Crippen LogP contribution in [0.1, 0.15) is 0 Å². The van der Waals surface area contributed by atoms with Gasteiger partial charge in [0.15, 0.2) is 5.16 Å². The number of H-pyrrole nitrogens is 1. The number of aromatic amines is 1. The van der Waals surface area contributed by atoms with Crippen LogP contribution in [-0.2, 0) is 4.79 Å². The minimum absolute atomic E-state index is 0.195. The lowest BCUT2D eigenvalue weighted by molar-refractivity contribution is -0.113. The number of hydrogen-bond donors (Lipinski definition) is 2. The third-order valence-electron chi connectivity index (χ3n) is 2.56. The highest BCUT2D eigenvalue weighted by molar-refractivity contribution is 7.99. The monoisotopic (exact) mass is 301 g/mol. The van der Waals surface area contributed by atoms with Crippen LogP contribution >= 0.6 is 11.8 Å². The minimum atomic E-state index is -0.195. The van der Waals surface area contributed by atoms with Gasteiger partial charge in [-0.15, -0.1) is 10.2 Å². The van der Waals surface area contributed by atoms with E-state index in [9.17, 15) is 4.79 Å². The summed E-state index contributed by atoms with van der Waals surface area (Å²) in [6.07, 6.45) is 2.95. The largest absolute Gasteiger partial charge is 0.294 e. The van der Waals surface area contributed by atoms with E-state index in [-0.39, 0.29) is 11.7 Å². The van der Waals surface area contributed by atoms with Crippen molar-refractivity contribution in [2.75, 3.05) is 11.1 Å². The highest BCUT2D eigenvalue weighted by Crippen LogP contribution is 2.19. The minimum Gasteiger partial charge on any atom is -0.294 e. The van der Waals surface area contributed by atoms with Crippen LogP contribution in [0.15, 0.2) is 48.1 Å². The Bertz CT molecular complexity index is 710. The van der Waals surface area contributed by atoms with Gasteiger partial charge in [0, 0.05) is 5.69 Å². The van der Waals surface area contributed by atoms with E-state index in [1.807, 2.05) is 34.9 Å². The Labute approximate surface area is 124 Å². The van der Waals surface area contributed by atoms with Gasteiger partial charge in [-0.05, 0) is 12.1 Å². The fourth-order valence-corrected chi connectivity index (χ4v) is 2.38. The van der Waals surface area contributed by atoms with Crippen molar-refractivity contribution in [1.29, 1.82) is 0 Å². The van der Waals surface area contributed by atoms with Crippen LogP contribution in [0.2, 0.25) is 0 Å². The maximum atomic E-state index is 11.8. The van der Waals surface area contributed by atoms with Crippen molar-refractivity contribution in [2.24, 2.45) is 0 Å². The van der Waals surface area contributed by atoms with Crippen LogP contribution in [0, 0.1) is 0 Å². The second kappa shape index (κ2) is 6.18. The fourth-order valence-electron chi connectivity index (χ4n) is 1.65. The molecule has 0 unspecified atom stereocenters. The average Bonchev–Trinajstić information content (AvgIpc) is 3.17. The number of para-hydroxylation sites is 1. The summed E-state index contributed by atoms with van der Waals surface area (Å²) >= 11 is 1.29. The van der Waals surface area contributed by atoms with Crippen molar-refractivity contribution in [1.82, 2.24) is 29.9 Å². The molecule has 0 saturated carbocycles. The maximum absolute atomic E-state index is 11.8. The summed E-state index contributed by atoms with van der Waals surface area (Å²) < 4.78 is 1.83. The molecule has 2 aromatic heterocycles. The van der Waals surface area contributed by atoms with Crippen LogP contribution in [0.25, 0.3) is 5.69 Å². The van der Waals surface area contributed by atoms with Gasteiger partial charge >= 0.3 is 0 Å². The fraction of sp³-hybridized carbons (Fsp3) is 0.0833. The first-order valence-electron chi connectivity index (χ1n) is 6.06. The first-order chi connectivity index (χ1) is 10.3. The summed E-state index contributed by atoms with van der Waals surface area (Å²) in [4.78, 5) is 15.6. The molecule has 0 aliphatic heterocycles. The van der Waals surface area contributed by atoms with E-state index in [1.165, 1.54) is 18.1 Å². The van der Waals surface area contributed by atoms with E-state index in [0.29, 0.717) is 11.1 Å². The van der Waals surface area contributed by atoms with Crippen molar-refractivity contribution >= 4 is 23.6 Å². The number of carbonyl (C=O) groups excluding carboxylic acids is 1. The Morgan fingerprint density at radius 1 is 1.33 bits per heavy atom. The summed E-state index contributed by atoms with van der Waals surface area (Å²) in [5.74, 6) is 0.330. The summed E-state index contributed by atoms with van der Waals surface area (Å²) in [6.45, 7) is 0. The van der Waals surface area contributed by atoms with Gasteiger partial charge in [-0.3, -0.25) is 14.7 Å². The molecule has 9 heteroatoms. The first kappa shape index (κ1) is 13.3. The molecule has 0 atom stereocenters. The van der Waals surface area contributed by atoms with Crippen molar-refractivity contribution < 1.29 is 4.79 Å². The molecule has 3 aromatic rings. The van der Waals surface area contributed by atoms with Gasteiger partial charge in [-0.1, -0.05) is 30.0 Å². The average molecular weight is 301 g/mol. The molecule has 1 aromatic carbocycles. The van der Waals surface area contributed by atoms with E-state index in [1.54, 1.807) is 6.33 Å². The lowest BCUT2D eigenvalue weighted by Crippen LogP contribution is -2.15. The van der Waals surface area contributed by atoms with E-state index in [0.717, 1.165) is 5.69 Å². The van der Waals surface area contributed by atoms with Gasteiger partial charge in [0.1, 0.15) is 12.7 Å².